The van der Waals surface area contributed by atoms with Gasteiger partial charge in [0, 0.05) is 0 Å². The second-order valence-corrected chi connectivity index (χ2v) is 8.57. The number of ether oxygens (including phenoxy) is 2. The summed E-state index contributed by atoms with van der Waals surface area (Å²) >= 11 is 4.25. The third-order valence-corrected chi connectivity index (χ3v) is 6.28. The number of esters is 2. The molecule has 0 heterocycles. The second-order valence-electron chi connectivity index (χ2n) is 5.56. The Kier molecular flexibility index (Phi) is 16.2. The topological polar surface area (TPSA) is 52.6 Å². The van der Waals surface area contributed by atoms with Gasteiger partial charge in [-0.15, -0.1) is 0 Å². The van der Waals surface area contributed by atoms with Crippen molar-refractivity contribution in [2.75, 3.05) is 13.2 Å². The minimum Gasteiger partial charge on any atom is -0.465 e. The minimum absolute atomic E-state index is 0.0125. The molecule has 0 saturated heterocycles. The summed E-state index contributed by atoms with van der Waals surface area (Å²) in [6, 6.07) is 0. The van der Waals surface area contributed by atoms with Crippen LogP contribution in [-0.2, 0) is 19.1 Å². The highest BCUT2D eigenvalue weighted by Gasteiger charge is 2.13. The van der Waals surface area contributed by atoms with E-state index in [0.717, 1.165) is 38.5 Å². The predicted molar refractivity (Wildman–Crippen MR) is 110 cm³/mol. The van der Waals surface area contributed by atoms with Crippen molar-refractivity contribution in [1.29, 1.82) is 0 Å². The van der Waals surface area contributed by atoms with Gasteiger partial charge in [-0.25, -0.2) is 0 Å². The van der Waals surface area contributed by atoms with Crippen molar-refractivity contribution in [3.8, 4) is 0 Å². The third kappa shape index (κ3) is 13.4. The maximum Gasteiger partial charge on any atom is 0.318 e. The van der Waals surface area contributed by atoms with E-state index in [0.29, 0.717) is 13.2 Å². The van der Waals surface area contributed by atoms with Gasteiger partial charge in [-0.1, -0.05) is 91.1 Å². The fourth-order valence-corrected chi connectivity index (χ4v) is 2.31. The van der Waals surface area contributed by atoms with Crippen LogP contribution in [0.2, 0.25) is 0 Å². The molecular weight excluding hydrogens is 522 g/mol. The van der Waals surface area contributed by atoms with Crippen molar-refractivity contribution in [1.82, 2.24) is 0 Å². The van der Waals surface area contributed by atoms with Gasteiger partial charge in [-0.05, 0) is 25.7 Å². The van der Waals surface area contributed by atoms with Crippen molar-refractivity contribution in [3.05, 3.63) is 0 Å². The molecule has 2 atom stereocenters. The molecule has 0 aromatic heterocycles. The average molecular weight is 552 g/mol. The van der Waals surface area contributed by atoms with Crippen LogP contribution in [0.15, 0.2) is 0 Å². The zero-order valence-corrected chi connectivity index (χ0v) is 18.6. The largest absolute Gasteiger partial charge is 0.465 e. The molecule has 0 aromatic carbocycles. The molecule has 0 aromatic rings. The highest BCUT2D eigenvalue weighted by atomic mass is 127. The monoisotopic (exact) mass is 552 g/mol. The second kappa shape index (κ2) is 15.9. The van der Waals surface area contributed by atoms with Gasteiger partial charge in [0.2, 0.25) is 0 Å². The summed E-state index contributed by atoms with van der Waals surface area (Å²) in [5.41, 5.74) is 0. The van der Waals surface area contributed by atoms with Gasteiger partial charge in [0.05, 0.1) is 13.2 Å². The number of hydrogen-bond acceptors (Lipinski definition) is 4. The Bertz CT molecular complexity index is 294. The van der Waals surface area contributed by atoms with Crippen LogP contribution >= 0.6 is 45.2 Å². The first-order chi connectivity index (χ1) is 11.0. The molecule has 0 spiro atoms. The fraction of sp³-hybridized carbons (Fsp3) is 0.882. The van der Waals surface area contributed by atoms with Crippen LogP contribution in [0.4, 0.5) is 0 Å². The molecule has 136 valence electrons. The van der Waals surface area contributed by atoms with E-state index in [1.165, 1.54) is 19.3 Å². The molecule has 0 N–H and O–H groups in total. The van der Waals surface area contributed by atoms with Gasteiger partial charge in [0.1, 0.15) is 7.85 Å². The Hall–Kier alpha value is 0.400. The zero-order valence-electron chi connectivity index (χ0n) is 14.3. The summed E-state index contributed by atoms with van der Waals surface area (Å²) in [6.07, 6.45) is 9.29. The lowest BCUT2D eigenvalue weighted by atomic mass is 10.1. The summed E-state index contributed by atoms with van der Waals surface area (Å²) in [5.74, 6) is -0.168. The number of carbonyl (C=O) groups is 2. The molecular formula is C17H30I2O4. The molecule has 0 rings (SSSR count). The van der Waals surface area contributed by atoms with Crippen molar-refractivity contribution in [2.45, 2.75) is 79.5 Å². The molecule has 0 saturated carbocycles. The lowest BCUT2D eigenvalue weighted by molar-refractivity contribution is -0.143. The van der Waals surface area contributed by atoms with Crippen LogP contribution in [0.3, 0.4) is 0 Å². The summed E-state index contributed by atoms with van der Waals surface area (Å²) in [5, 5.41) is 0. The van der Waals surface area contributed by atoms with E-state index in [9.17, 15) is 9.59 Å². The maximum atomic E-state index is 11.5. The molecule has 23 heavy (non-hydrogen) atoms. The molecule has 0 aliphatic rings. The van der Waals surface area contributed by atoms with Crippen molar-refractivity contribution >= 4 is 57.1 Å². The number of halogens is 2. The number of alkyl halides is 2. The van der Waals surface area contributed by atoms with Crippen molar-refractivity contribution in [3.63, 3.8) is 0 Å². The molecule has 0 radical (unpaired) electrons. The number of hydrogen-bond donors (Lipinski definition) is 0. The number of rotatable bonds is 14. The fourth-order valence-electron chi connectivity index (χ4n) is 1.95. The Balaban J connectivity index is 3.28. The summed E-state index contributed by atoms with van der Waals surface area (Å²) in [7, 11) is 0. The smallest absolute Gasteiger partial charge is 0.318 e. The van der Waals surface area contributed by atoms with E-state index >= 15 is 0 Å². The number of carbonyl (C=O) groups excluding carboxylic acids is 2. The van der Waals surface area contributed by atoms with Crippen LogP contribution in [0, 0.1) is 0 Å². The molecule has 0 aliphatic heterocycles. The Morgan fingerprint density at radius 1 is 0.696 bits per heavy atom. The highest BCUT2D eigenvalue weighted by molar-refractivity contribution is 14.1. The highest BCUT2D eigenvalue weighted by Crippen LogP contribution is 2.11. The van der Waals surface area contributed by atoms with Gasteiger partial charge in [-0.3, -0.25) is 9.59 Å². The number of unbranched alkanes of at least 4 members (excludes halogenated alkanes) is 6. The first-order valence-electron chi connectivity index (χ1n) is 8.64. The molecule has 0 aliphatic carbocycles. The third-order valence-electron chi connectivity index (χ3n) is 3.51. The molecule has 2 unspecified atom stereocenters. The molecule has 4 nitrogen and oxygen atoms in total. The zero-order chi connectivity index (χ0) is 17.5. The average Bonchev–Trinajstić information content (AvgIpc) is 2.57. The van der Waals surface area contributed by atoms with Crippen LogP contribution in [0.5, 0.6) is 0 Å². The first-order valence-corrected chi connectivity index (χ1v) is 11.1. The Labute approximate surface area is 168 Å². The van der Waals surface area contributed by atoms with E-state index in [-0.39, 0.29) is 19.8 Å². The Morgan fingerprint density at radius 2 is 1.00 bits per heavy atom. The summed E-state index contributed by atoms with van der Waals surface area (Å²) in [6.45, 7) is 5.07. The van der Waals surface area contributed by atoms with Crippen LogP contribution in [0.25, 0.3) is 0 Å². The van der Waals surface area contributed by atoms with Gasteiger partial charge in [0.25, 0.3) is 0 Å². The van der Waals surface area contributed by atoms with Gasteiger partial charge in [0.15, 0.2) is 0 Å². The maximum absolute atomic E-state index is 11.5. The predicted octanol–water partition coefficient (Wildman–Crippen LogP) is 5.23. The molecule has 6 heteroatoms. The van der Waals surface area contributed by atoms with Crippen LogP contribution < -0.4 is 0 Å². The van der Waals surface area contributed by atoms with E-state index in [1.54, 1.807) is 0 Å². The molecule has 0 bridgehead atoms. The van der Waals surface area contributed by atoms with Crippen molar-refractivity contribution in [2.24, 2.45) is 0 Å². The minimum atomic E-state index is -0.0838. The first kappa shape index (κ1) is 23.4. The van der Waals surface area contributed by atoms with Gasteiger partial charge in [-0.2, -0.15) is 0 Å². The SMILES string of the molecule is CCC(I)C(=O)OCCCCCCCCCOC(=O)C(I)CC. The van der Waals surface area contributed by atoms with E-state index in [4.69, 9.17) is 9.47 Å². The molecule has 0 amide bonds. The quantitative estimate of drug-likeness (QED) is 0.128. The van der Waals surface area contributed by atoms with E-state index in [2.05, 4.69) is 45.2 Å². The van der Waals surface area contributed by atoms with Gasteiger partial charge >= 0.3 is 11.9 Å². The van der Waals surface area contributed by atoms with E-state index in [1.807, 2.05) is 13.8 Å². The Morgan fingerprint density at radius 3 is 1.30 bits per heavy atom. The normalized spacial score (nSPS) is 13.4. The van der Waals surface area contributed by atoms with Crippen LogP contribution in [0.1, 0.15) is 71.6 Å². The standard InChI is InChI=1S/C17H30I2O4/c1-3-14(18)16(20)22-12-10-8-6-5-7-9-11-13-23-17(21)15(19)4-2/h14-15H,3-13H2,1-2H3. The summed E-state index contributed by atoms with van der Waals surface area (Å²) < 4.78 is 10.4. The summed E-state index contributed by atoms with van der Waals surface area (Å²) in [4.78, 5) is 22.9. The van der Waals surface area contributed by atoms with Crippen LogP contribution in [-0.4, -0.2) is 33.0 Å². The van der Waals surface area contributed by atoms with E-state index < -0.39 is 0 Å². The lowest BCUT2D eigenvalue weighted by Crippen LogP contribution is -2.16. The van der Waals surface area contributed by atoms with Crippen molar-refractivity contribution < 1.29 is 19.1 Å². The lowest BCUT2D eigenvalue weighted by Gasteiger charge is -2.08. The van der Waals surface area contributed by atoms with Gasteiger partial charge < -0.3 is 9.47 Å². The molecule has 0 fully saturated rings.